The van der Waals surface area contributed by atoms with E-state index in [9.17, 15) is 0 Å². The van der Waals surface area contributed by atoms with Crippen LogP contribution in [0.15, 0.2) is 0 Å². The van der Waals surface area contributed by atoms with Gasteiger partial charge < -0.3 is 0 Å². The molecule has 0 spiro atoms. The Morgan fingerprint density at radius 3 is 2.40 bits per heavy atom. The topological polar surface area (TPSA) is 0 Å². The first kappa shape index (κ1) is 5.76. The summed E-state index contributed by atoms with van der Waals surface area (Å²) in [5.74, 6) is 0. The van der Waals surface area contributed by atoms with Crippen molar-refractivity contribution in [2.45, 2.75) is 0 Å². The summed E-state index contributed by atoms with van der Waals surface area (Å²) in [4.78, 5) is 0. The van der Waals surface area contributed by atoms with Crippen molar-refractivity contribution in [1.82, 2.24) is 0 Å². The van der Waals surface area contributed by atoms with E-state index in [1.807, 2.05) is 21.6 Å². The summed E-state index contributed by atoms with van der Waals surface area (Å²) in [5, 5.41) is 0. The minimum absolute atomic E-state index is 1.22. The van der Waals surface area contributed by atoms with E-state index in [1.54, 1.807) is 0 Å². The molecule has 0 unspecified atom stereocenters. The maximum Gasteiger partial charge on any atom is 0.115 e. The highest BCUT2D eigenvalue weighted by Gasteiger charge is 1.68. The molecule has 0 aromatic heterocycles. The van der Waals surface area contributed by atoms with Gasteiger partial charge in [-0.25, -0.2) is 0 Å². The number of hydrogen-bond donors (Lipinski definition) is 0. The van der Waals surface area contributed by atoms with Crippen LogP contribution >= 0.6 is 21.6 Å². The van der Waals surface area contributed by atoms with E-state index in [0.29, 0.717) is 0 Å². The highest BCUT2D eigenvalue weighted by atomic mass is 33.1. The van der Waals surface area contributed by atoms with Gasteiger partial charge in [0.2, 0.25) is 0 Å². The molecule has 0 rings (SSSR count). The third-order valence-corrected chi connectivity index (χ3v) is 2.12. The molecule has 0 atom stereocenters. The Morgan fingerprint density at radius 1 is 1.80 bits per heavy atom. The Balaban J connectivity index is 2.19. The predicted molar refractivity (Wildman–Crippen MR) is 34.5 cm³/mol. The van der Waals surface area contributed by atoms with Crippen LogP contribution in [0.3, 0.4) is 0 Å². The Hall–Kier alpha value is 0.765. The zero-order valence-corrected chi connectivity index (χ0v) is 5.16. The highest BCUT2D eigenvalue weighted by Crippen LogP contribution is 2.12. The van der Waals surface area contributed by atoms with Crippen molar-refractivity contribution in [3.05, 3.63) is 0 Å². The summed E-state index contributed by atoms with van der Waals surface area (Å²) in [6, 6.07) is 0. The van der Waals surface area contributed by atoms with Gasteiger partial charge in [0, 0.05) is 0 Å². The average Bonchev–Trinajstić information content (AvgIpc) is 1.41. The Labute approximate surface area is 41.9 Å². The fraction of sp³-hybridized carbons (Fsp3) is 1.00. The molecule has 0 N–H and O–H groups in total. The first-order chi connectivity index (χ1) is 2.41. The van der Waals surface area contributed by atoms with E-state index in [2.05, 4.69) is 14.1 Å². The van der Waals surface area contributed by atoms with Crippen molar-refractivity contribution in [3.8, 4) is 0 Å². The molecule has 0 radical (unpaired) electrons. The van der Waals surface area contributed by atoms with Gasteiger partial charge in [0.25, 0.3) is 0 Å². The van der Waals surface area contributed by atoms with Crippen LogP contribution in [0.5, 0.6) is 0 Å². The van der Waals surface area contributed by atoms with Crippen LogP contribution in [0.4, 0.5) is 0 Å². The van der Waals surface area contributed by atoms with Crippen LogP contribution in [-0.2, 0) is 0 Å². The van der Waals surface area contributed by atoms with E-state index < -0.39 is 0 Å². The van der Waals surface area contributed by atoms with Gasteiger partial charge in [-0.3, -0.25) is 0 Å². The van der Waals surface area contributed by atoms with Gasteiger partial charge in [-0.15, -0.1) is 10.8 Å². The summed E-state index contributed by atoms with van der Waals surface area (Å²) in [5.41, 5.74) is 1.22. The summed E-state index contributed by atoms with van der Waals surface area (Å²) in [6.45, 7) is 0. The van der Waals surface area contributed by atoms with E-state index in [1.165, 1.54) is 5.65 Å². The standard InChI is InChI=1S/C2H7BS2/c1-4-5-2-3/h2-3H2,1H3. The van der Waals surface area contributed by atoms with Crippen LogP contribution < -0.4 is 0 Å². The van der Waals surface area contributed by atoms with Crippen molar-refractivity contribution in [3.63, 3.8) is 0 Å². The fourth-order valence-electron chi connectivity index (χ4n) is 0.118. The quantitative estimate of drug-likeness (QED) is 0.373. The lowest BCUT2D eigenvalue weighted by Crippen LogP contribution is -1.62. The second-order valence-electron chi connectivity index (χ2n) is 0.573. The molecular formula is C2H7BS2. The summed E-state index contributed by atoms with van der Waals surface area (Å²) in [7, 11) is 5.85. The van der Waals surface area contributed by atoms with Gasteiger partial charge in [-0.2, -0.15) is 0 Å². The lowest BCUT2D eigenvalue weighted by Gasteiger charge is -1.79. The van der Waals surface area contributed by atoms with Crippen LogP contribution in [0.25, 0.3) is 0 Å². The molecule has 0 fully saturated rings. The first-order valence-electron chi connectivity index (χ1n) is 1.57. The first-order valence-corrected chi connectivity index (χ1v) is 4.30. The second kappa shape index (κ2) is 4.76. The van der Waals surface area contributed by atoms with Gasteiger partial charge in [-0.05, 0) is 11.9 Å². The zero-order valence-electron chi connectivity index (χ0n) is 3.52. The van der Waals surface area contributed by atoms with Gasteiger partial charge in [0.15, 0.2) is 0 Å². The van der Waals surface area contributed by atoms with Crippen LogP contribution in [0.1, 0.15) is 0 Å². The molecule has 0 aliphatic carbocycles. The van der Waals surface area contributed by atoms with Crippen molar-refractivity contribution < 1.29 is 0 Å². The lowest BCUT2D eigenvalue weighted by atomic mass is 10.2. The highest BCUT2D eigenvalue weighted by molar-refractivity contribution is 8.76. The van der Waals surface area contributed by atoms with Crippen LogP contribution in [0, 0.1) is 0 Å². The molecule has 30 valence electrons. The van der Waals surface area contributed by atoms with Gasteiger partial charge in [0.05, 0.1) is 0 Å². The Kier molecular flexibility index (Phi) is 5.49. The third kappa shape index (κ3) is 4.76. The summed E-state index contributed by atoms with van der Waals surface area (Å²) in [6.07, 6.45) is 2.09. The monoisotopic (exact) mass is 106 g/mol. The SMILES string of the molecule is BCSSC. The van der Waals surface area contributed by atoms with E-state index in [-0.39, 0.29) is 0 Å². The molecule has 3 heteroatoms. The maximum absolute atomic E-state index is 2.15. The Bertz CT molecular complexity index is 15.1. The molecule has 0 aromatic carbocycles. The van der Waals surface area contributed by atoms with Crippen LogP contribution in [-0.4, -0.2) is 19.8 Å². The van der Waals surface area contributed by atoms with E-state index in [0.717, 1.165) is 0 Å². The molecule has 0 aromatic rings. The van der Waals surface area contributed by atoms with Crippen molar-refractivity contribution in [2.24, 2.45) is 0 Å². The van der Waals surface area contributed by atoms with Crippen molar-refractivity contribution >= 4 is 29.4 Å². The Morgan fingerprint density at radius 2 is 2.40 bits per heavy atom. The molecule has 0 saturated carbocycles. The summed E-state index contributed by atoms with van der Waals surface area (Å²) < 4.78 is 0. The average molecular weight is 106 g/mol. The van der Waals surface area contributed by atoms with Gasteiger partial charge in [0.1, 0.15) is 7.85 Å². The van der Waals surface area contributed by atoms with Gasteiger partial charge >= 0.3 is 0 Å². The predicted octanol–water partition coefficient (Wildman–Crippen LogP) is 0.588. The largest absolute Gasteiger partial charge is 0.115 e. The normalized spacial score (nSPS) is 8.20. The third-order valence-electron chi connectivity index (χ3n) is 0.236. The smallest absolute Gasteiger partial charge is 0.103 e. The number of rotatable bonds is 2. The number of hydrogen-bond acceptors (Lipinski definition) is 2. The molecule has 0 bridgehead atoms. The molecule has 0 amide bonds. The minimum Gasteiger partial charge on any atom is -0.103 e. The molecule has 0 heterocycles. The van der Waals surface area contributed by atoms with Crippen molar-refractivity contribution in [1.29, 1.82) is 0 Å². The molecular weight excluding hydrogens is 99.0 g/mol. The summed E-state index contributed by atoms with van der Waals surface area (Å²) >= 11 is 0. The fourth-order valence-corrected chi connectivity index (χ4v) is 1.06. The van der Waals surface area contributed by atoms with Crippen LogP contribution in [0.2, 0.25) is 0 Å². The minimum atomic E-state index is 1.22. The maximum atomic E-state index is 2.15. The van der Waals surface area contributed by atoms with E-state index in [4.69, 9.17) is 0 Å². The lowest BCUT2D eigenvalue weighted by molar-refractivity contribution is 2.27. The van der Waals surface area contributed by atoms with Gasteiger partial charge in [-0.1, -0.05) is 10.8 Å². The molecule has 0 aliphatic rings. The molecule has 0 nitrogen and oxygen atoms in total. The molecule has 5 heavy (non-hydrogen) atoms. The molecule has 0 aliphatic heterocycles. The van der Waals surface area contributed by atoms with E-state index >= 15 is 0 Å². The molecule has 0 saturated heterocycles. The van der Waals surface area contributed by atoms with Crippen molar-refractivity contribution in [2.75, 3.05) is 11.9 Å². The second-order valence-corrected chi connectivity index (χ2v) is 3.43. The zero-order chi connectivity index (χ0) is 4.12.